The molecule has 0 aliphatic carbocycles. The van der Waals surface area contributed by atoms with E-state index in [9.17, 15) is 9.59 Å². The number of carbonyl (C=O) groups excluding carboxylic acids is 2. The second kappa shape index (κ2) is 5.24. The first-order chi connectivity index (χ1) is 8.80. The van der Waals surface area contributed by atoms with E-state index in [2.05, 4.69) is 38.5 Å². The number of halogens is 2. The number of ether oxygens (including phenoxy) is 2. The lowest BCUT2D eigenvalue weighted by molar-refractivity contribution is -0.222. The molecule has 0 saturated carbocycles. The van der Waals surface area contributed by atoms with Crippen LogP contribution in [0.2, 0.25) is 0 Å². The summed E-state index contributed by atoms with van der Waals surface area (Å²) >= 11 is 5.56. The highest BCUT2D eigenvalue weighted by molar-refractivity contribution is 14.1. The number of hydrogen-bond acceptors (Lipinski definition) is 4. The second-order valence-corrected chi connectivity index (χ2v) is 6.34. The fraction of sp³-hybridized carbons (Fsp3) is 0.231. The molecule has 1 fully saturated rings. The van der Waals surface area contributed by atoms with Crippen LogP contribution in [0.25, 0.3) is 6.08 Å². The molecular weight excluding hydrogens is 427 g/mol. The summed E-state index contributed by atoms with van der Waals surface area (Å²) < 4.78 is 11.9. The van der Waals surface area contributed by atoms with Gasteiger partial charge in [-0.2, -0.15) is 0 Å². The standard InChI is InChI=1S/C13H10BrIO4/c1-13(2)18-11(16)8(12(17)19-13)6-7-4-3-5-9(15)10(7)14/h3-6H,1-2H3. The Labute approximate surface area is 132 Å². The van der Waals surface area contributed by atoms with Gasteiger partial charge in [0.05, 0.1) is 0 Å². The lowest BCUT2D eigenvalue weighted by Gasteiger charge is -2.29. The summed E-state index contributed by atoms with van der Waals surface area (Å²) in [5.41, 5.74) is 0.609. The summed E-state index contributed by atoms with van der Waals surface area (Å²) in [5.74, 6) is -2.56. The number of cyclic esters (lactones) is 2. The van der Waals surface area contributed by atoms with Gasteiger partial charge in [0.2, 0.25) is 0 Å². The highest BCUT2D eigenvalue weighted by Crippen LogP contribution is 2.28. The first-order valence-electron chi connectivity index (χ1n) is 5.42. The zero-order valence-electron chi connectivity index (χ0n) is 10.2. The molecule has 0 bridgehead atoms. The molecule has 2 rings (SSSR count). The SMILES string of the molecule is CC1(C)OC(=O)C(=Cc2cccc(I)c2Br)C(=O)O1. The average Bonchev–Trinajstić information content (AvgIpc) is 2.27. The van der Waals surface area contributed by atoms with Crippen LogP contribution < -0.4 is 0 Å². The van der Waals surface area contributed by atoms with E-state index in [1.54, 1.807) is 6.07 Å². The molecule has 1 heterocycles. The molecule has 1 aliphatic rings. The van der Waals surface area contributed by atoms with Crippen LogP contribution >= 0.6 is 38.5 Å². The first kappa shape index (κ1) is 14.5. The number of hydrogen-bond donors (Lipinski definition) is 0. The van der Waals surface area contributed by atoms with E-state index >= 15 is 0 Å². The number of carbonyl (C=O) groups is 2. The monoisotopic (exact) mass is 436 g/mol. The number of benzene rings is 1. The van der Waals surface area contributed by atoms with Crippen molar-refractivity contribution in [3.8, 4) is 0 Å². The minimum atomic E-state index is -1.21. The predicted octanol–water partition coefficient (Wildman–Crippen LogP) is 3.27. The summed E-state index contributed by atoms with van der Waals surface area (Å²) in [5, 5.41) is 0. The quantitative estimate of drug-likeness (QED) is 0.293. The normalized spacial score (nSPS) is 17.8. The van der Waals surface area contributed by atoms with Crippen LogP contribution in [0.5, 0.6) is 0 Å². The molecule has 0 unspecified atom stereocenters. The maximum Gasteiger partial charge on any atom is 0.348 e. The Hall–Kier alpha value is -0.890. The molecule has 0 aromatic heterocycles. The molecule has 1 saturated heterocycles. The van der Waals surface area contributed by atoms with Gasteiger partial charge in [-0.1, -0.05) is 12.1 Å². The summed E-state index contributed by atoms with van der Waals surface area (Å²) in [6.45, 7) is 3.03. The van der Waals surface area contributed by atoms with Crippen LogP contribution in [0.1, 0.15) is 19.4 Å². The van der Waals surface area contributed by atoms with Gasteiger partial charge in [-0.15, -0.1) is 0 Å². The van der Waals surface area contributed by atoms with Crippen molar-refractivity contribution in [2.75, 3.05) is 0 Å². The number of rotatable bonds is 1. The smallest absolute Gasteiger partial charge is 0.348 e. The van der Waals surface area contributed by atoms with Crippen molar-refractivity contribution < 1.29 is 19.1 Å². The van der Waals surface area contributed by atoms with Crippen LogP contribution in [-0.2, 0) is 19.1 Å². The maximum absolute atomic E-state index is 11.8. The summed E-state index contributed by atoms with van der Waals surface area (Å²) in [6.07, 6.45) is 1.46. The van der Waals surface area contributed by atoms with Gasteiger partial charge in [0.25, 0.3) is 5.79 Å². The molecule has 4 nitrogen and oxygen atoms in total. The van der Waals surface area contributed by atoms with Crippen molar-refractivity contribution in [2.24, 2.45) is 0 Å². The van der Waals surface area contributed by atoms with E-state index in [1.165, 1.54) is 19.9 Å². The van der Waals surface area contributed by atoms with Crippen molar-refractivity contribution in [3.05, 3.63) is 37.4 Å². The largest absolute Gasteiger partial charge is 0.419 e. The molecule has 6 heteroatoms. The number of esters is 2. The van der Waals surface area contributed by atoms with E-state index in [0.717, 1.165) is 13.6 Å². The van der Waals surface area contributed by atoms with E-state index in [0.29, 0.717) is 0 Å². The van der Waals surface area contributed by atoms with Crippen LogP contribution in [-0.4, -0.2) is 17.7 Å². The molecule has 0 amide bonds. The van der Waals surface area contributed by atoms with Crippen molar-refractivity contribution in [3.63, 3.8) is 0 Å². The van der Waals surface area contributed by atoms with E-state index in [1.807, 2.05) is 12.1 Å². The molecule has 1 aromatic rings. The lowest BCUT2D eigenvalue weighted by atomic mass is 10.1. The highest BCUT2D eigenvalue weighted by Gasteiger charge is 2.38. The average molecular weight is 437 g/mol. The van der Waals surface area contributed by atoms with Gasteiger partial charge in [-0.25, -0.2) is 9.59 Å². The molecule has 1 aliphatic heterocycles. The van der Waals surface area contributed by atoms with E-state index in [-0.39, 0.29) is 5.57 Å². The van der Waals surface area contributed by atoms with Gasteiger partial charge in [-0.3, -0.25) is 0 Å². The van der Waals surface area contributed by atoms with Gasteiger partial charge in [0.15, 0.2) is 0 Å². The minimum absolute atomic E-state index is 0.109. The molecule has 0 spiro atoms. The highest BCUT2D eigenvalue weighted by atomic mass is 127. The Morgan fingerprint density at radius 2 is 1.79 bits per heavy atom. The van der Waals surface area contributed by atoms with Gasteiger partial charge < -0.3 is 9.47 Å². The summed E-state index contributed by atoms with van der Waals surface area (Å²) in [6, 6.07) is 5.54. The van der Waals surface area contributed by atoms with Gasteiger partial charge in [0.1, 0.15) is 5.57 Å². The van der Waals surface area contributed by atoms with Crippen LogP contribution in [0, 0.1) is 3.57 Å². The third kappa shape index (κ3) is 3.17. The van der Waals surface area contributed by atoms with E-state index in [4.69, 9.17) is 9.47 Å². The second-order valence-electron chi connectivity index (χ2n) is 4.38. The Kier molecular flexibility index (Phi) is 4.00. The van der Waals surface area contributed by atoms with Crippen LogP contribution in [0.4, 0.5) is 0 Å². The summed E-state index contributed by atoms with van der Waals surface area (Å²) in [7, 11) is 0. The zero-order valence-corrected chi connectivity index (χ0v) is 13.9. The fourth-order valence-corrected chi connectivity index (χ4v) is 2.46. The van der Waals surface area contributed by atoms with Crippen LogP contribution in [0.3, 0.4) is 0 Å². The zero-order chi connectivity index (χ0) is 14.2. The van der Waals surface area contributed by atoms with Gasteiger partial charge >= 0.3 is 11.9 Å². The Bertz CT molecular complexity index is 570. The first-order valence-corrected chi connectivity index (χ1v) is 7.30. The molecule has 1 aromatic carbocycles. The van der Waals surface area contributed by atoms with Crippen molar-refractivity contribution in [1.82, 2.24) is 0 Å². The Morgan fingerprint density at radius 3 is 2.37 bits per heavy atom. The van der Waals surface area contributed by atoms with Crippen molar-refractivity contribution >= 4 is 56.5 Å². The van der Waals surface area contributed by atoms with Crippen molar-refractivity contribution in [1.29, 1.82) is 0 Å². The molecule has 0 radical (unpaired) electrons. The molecular formula is C13H10BrIO4. The fourth-order valence-electron chi connectivity index (χ4n) is 1.57. The van der Waals surface area contributed by atoms with E-state index < -0.39 is 17.7 Å². The third-order valence-corrected chi connectivity index (χ3v) is 4.92. The molecule has 0 atom stereocenters. The van der Waals surface area contributed by atoms with Gasteiger partial charge in [0, 0.05) is 21.9 Å². The molecule has 19 heavy (non-hydrogen) atoms. The summed E-state index contributed by atoms with van der Waals surface area (Å²) in [4.78, 5) is 23.6. The molecule has 100 valence electrons. The Morgan fingerprint density at radius 1 is 1.21 bits per heavy atom. The maximum atomic E-state index is 11.8. The van der Waals surface area contributed by atoms with Crippen molar-refractivity contribution in [2.45, 2.75) is 19.6 Å². The van der Waals surface area contributed by atoms with Crippen LogP contribution in [0.15, 0.2) is 28.2 Å². The Balaban J connectivity index is 2.41. The minimum Gasteiger partial charge on any atom is -0.419 e. The lowest BCUT2D eigenvalue weighted by Crippen LogP contribution is -2.41. The predicted molar refractivity (Wildman–Crippen MR) is 81.1 cm³/mol. The topological polar surface area (TPSA) is 52.6 Å². The molecule has 0 N–H and O–H groups in total. The van der Waals surface area contributed by atoms with Gasteiger partial charge in [-0.05, 0) is 56.2 Å². The third-order valence-electron chi connectivity index (χ3n) is 2.40.